The fraction of sp³-hybridized carbons (Fsp3) is 0.167. The van der Waals surface area contributed by atoms with Gasteiger partial charge in [0.15, 0.2) is 0 Å². The maximum absolute atomic E-state index is 13.9. The Morgan fingerprint density at radius 2 is 1.42 bits per heavy atom. The zero-order valence-electron chi connectivity index (χ0n) is 17.8. The van der Waals surface area contributed by atoms with E-state index in [1.807, 2.05) is 0 Å². The van der Waals surface area contributed by atoms with Gasteiger partial charge in [0.05, 0.1) is 6.61 Å². The normalized spacial score (nSPS) is 12.5. The Morgan fingerprint density at radius 3 is 1.87 bits per heavy atom. The van der Waals surface area contributed by atoms with Crippen LogP contribution in [-0.4, -0.2) is 30.1 Å². The summed E-state index contributed by atoms with van der Waals surface area (Å²) in [5, 5.41) is 15.2. The number of benzene rings is 2. The third kappa shape index (κ3) is 4.46. The van der Waals surface area contributed by atoms with Crippen molar-refractivity contribution >= 4 is 43.0 Å². The van der Waals surface area contributed by atoms with Crippen LogP contribution in [0, 0.1) is 24.7 Å². The summed E-state index contributed by atoms with van der Waals surface area (Å²) in [5.74, 6) is 0. The van der Waals surface area contributed by atoms with E-state index >= 15 is 0 Å². The fourth-order valence-electron chi connectivity index (χ4n) is 3.43. The average Bonchev–Trinajstić information content (AvgIpc) is 2.76. The van der Waals surface area contributed by atoms with Crippen LogP contribution >= 0.6 is 7.37 Å². The van der Waals surface area contributed by atoms with E-state index in [2.05, 4.69) is 13.2 Å². The second-order valence-electron chi connectivity index (χ2n) is 6.88. The highest BCUT2D eigenvalue weighted by Crippen LogP contribution is 2.54. The number of hydrogen-bond acceptors (Lipinski definition) is 6. The Bertz CT molecular complexity index is 1080. The molecule has 1 atom stereocenters. The zero-order valence-corrected chi connectivity index (χ0v) is 18.7. The van der Waals surface area contributed by atoms with Crippen molar-refractivity contribution in [2.24, 2.45) is 0 Å². The number of aryl methyl sites for hydroxylation is 2. The molecule has 0 aromatic heterocycles. The molecule has 0 aliphatic carbocycles. The summed E-state index contributed by atoms with van der Waals surface area (Å²) in [7, 11) is -4.54. The minimum absolute atomic E-state index is 0.0136. The number of carbonyl (C=O) groups excluding carboxylic acids is 2. The summed E-state index contributed by atoms with van der Waals surface area (Å²) < 4.78 is 19.2. The third-order valence-corrected chi connectivity index (χ3v) is 6.97. The van der Waals surface area contributed by atoms with E-state index in [0.29, 0.717) is 27.8 Å². The van der Waals surface area contributed by atoms with Gasteiger partial charge in [0.2, 0.25) is 0 Å². The second-order valence-corrected chi connectivity index (χ2v) is 9.05. The summed E-state index contributed by atoms with van der Waals surface area (Å²) in [4.78, 5) is 27.0. The quantitative estimate of drug-likeness (QED) is 0.358. The Kier molecular flexibility index (Phi) is 7.55. The van der Waals surface area contributed by atoms with Crippen molar-refractivity contribution in [2.45, 2.75) is 20.8 Å². The Balaban J connectivity index is 2.77. The molecule has 0 bridgehead atoms. The number of nitrogens with one attached hydrogen (secondary N) is 2. The number of hydrogen-bond donors (Lipinski definition) is 2. The first kappa shape index (κ1) is 24.1. The summed E-state index contributed by atoms with van der Waals surface area (Å²) in [6.07, 6.45) is 5.10. The topological polar surface area (TPSA) is 108 Å². The first-order chi connectivity index (χ1) is 14.7. The van der Waals surface area contributed by atoms with Gasteiger partial charge in [0.1, 0.15) is 0 Å². The Hall–Kier alpha value is -3.21. The first-order valence-corrected chi connectivity index (χ1v) is 11.2. The highest BCUT2D eigenvalue weighted by Gasteiger charge is 2.44. The van der Waals surface area contributed by atoms with Crippen LogP contribution in [0.2, 0.25) is 0 Å². The molecule has 2 aromatic rings. The molecule has 160 valence electrons. The highest BCUT2D eigenvalue weighted by atomic mass is 31.2. The van der Waals surface area contributed by atoms with Crippen LogP contribution in [0.25, 0.3) is 12.2 Å². The fourth-order valence-corrected chi connectivity index (χ4v) is 5.41. The molecule has 2 rings (SSSR count). The van der Waals surface area contributed by atoms with Gasteiger partial charge in [-0.15, -0.1) is 0 Å². The molecule has 2 aromatic carbocycles. The molecule has 0 spiro atoms. The van der Waals surface area contributed by atoms with Gasteiger partial charge in [-0.25, -0.2) is 0 Å². The smallest absolute Gasteiger partial charge is 0.318 e. The Labute approximate surface area is 182 Å². The maximum atomic E-state index is 13.9. The van der Waals surface area contributed by atoms with Crippen LogP contribution in [0.5, 0.6) is 0 Å². The van der Waals surface area contributed by atoms with Crippen molar-refractivity contribution in [3.63, 3.8) is 0 Å². The molecule has 0 heterocycles. The molecular weight excluding hydrogens is 411 g/mol. The van der Waals surface area contributed by atoms with E-state index in [-0.39, 0.29) is 23.3 Å². The molecule has 0 aliphatic heterocycles. The number of carbonyl (C=O) groups is 2. The average molecular weight is 436 g/mol. The van der Waals surface area contributed by atoms with Gasteiger partial charge in [-0.3, -0.25) is 14.2 Å². The van der Waals surface area contributed by atoms with Gasteiger partial charge in [-0.05, 0) is 66.8 Å². The third-order valence-electron chi connectivity index (χ3n) is 4.83. The lowest BCUT2D eigenvalue weighted by Crippen LogP contribution is -2.18. The minimum Gasteiger partial charge on any atom is -0.318 e. The lowest BCUT2D eigenvalue weighted by molar-refractivity contribution is 0.0996. The monoisotopic (exact) mass is 436 g/mol. The first-order valence-electron chi connectivity index (χ1n) is 9.57. The lowest BCUT2D eigenvalue weighted by atomic mass is 9.99. The van der Waals surface area contributed by atoms with Crippen molar-refractivity contribution in [3.05, 3.63) is 81.9 Å². The Morgan fingerprint density at radius 1 is 0.903 bits per heavy atom. The van der Waals surface area contributed by atoms with Crippen molar-refractivity contribution < 1.29 is 18.7 Å². The van der Waals surface area contributed by atoms with E-state index in [1.54, 1.807) is 51.1 Å². The van der Waals surface area contributed by atoms with Crippen LogP contribution in [0.4, 0.5) is 0 Å². The van der Waals surface area contributed by atoms with E-state index in [0.717, 1.165) is 12.4 Å². The molecule has 0 aliphatic rings. The highest BCUT2D eigenvalue weighted by molar-refractivity contribution is 7.91. The molecule has 6 nitrogen and oxygen atoms in total. The molecule has 31 heavy (non-hydrogen) atoms. The standard InChI is InChI=1S/C24H25N2O4P/c1-6-17-9-15(4)22(20(11-17)14-26)24(28)31(29,30-8-3)23(27)21-16(5)10-18(13-25)12-19(21)7-2/h6-7,9-14,25-26H,1-2,8H2,3-5H3. The van der Waals surface area contributed by atoms with Crippen LogP contribution in [0.1, 0.15) is 61.0 Å². The minimum atomic E-state index is -4.54. The molecule has 0 fully saturated rings. The summed E-state index contributed by atoms with van der Waals surface area (Å²) in [6, 6.07) is 6.41. The molecule has 0 radical (unpaired) electrons. The van der Waals surface area contributed by atoms with Crippen molar-refractivity contribution in [1.29, 1.82) is 10.8 Å². The molecular formula is C24H25N2O4P. The second kappa shape index (κ2) is 9.73. The van der Waals surface area contributed by atoms with Crippen molar-refractivity contribution in [1.82, 2.24) is 0 Å². The predicted octanol–water partition coefficient (Wildman–Crippen LogP) is 5.88. The van der Waals surface area contributed by atoms with Crippen LogP contribution in [0.3, 0.4) is 0 Å². The zero-order chi connectivity index (χ0) is 23.3. The van der Waals surface area contributed by atoms with Crippen molar-refractivity contribution in [3.8, 4) is 0 Å². The molecule has 0 saturated heterocycles. The largest absolute Gasteiger partial charge is 0.340 e. The molecule has 2 N–H and O–H groups in total. The summed E-state index contributed by atoms with van der Waals surface area (Å²) in [6.45, 7) is 12.1. The lowest BCUT2D eigenvalue weighted by Gasteiger charge is -2.20. The summed E-state index contributed by atoms with van der Waals surface area (Å²) in [5.41, 5.74) is 0.966. The maximum Gasteiger partial charge on any atom is 0.340 e. The van der Waals surface area contributed by atoms with Crippen molar-refractivity contribution in [2.75, 3.05) is 6.61 Å². The van der Waals surface area contributed by atoms with Gasteiger partial charge in [-0.2, -0.15) is 0 Å². The summed E-state index contributed by atoms with van der Waals surface area (Å²) >= 11 is 0. The predicted molar refractivity (Wildman–Crippen MR) is 126 cm³/mol. The van der Waals surface area contributed by atoms with Gasteiger partial charge < -0.3 is 15.3 Å². The molecule has 0 saturated carbocycles. The van der Waals surface area contributed by atoms with E-state index in [1.165, 1.54) is 6.08 Å². The van der Waals surface area contributed by atoms with E-state index in [9.17, 15) is 14.2 Å². The van der Waals surface area contributed by atoms with E-state index < -0.39 is 18.4 Å². The van der Waals surface area contributed by atoms with Gasteiger partial charge in [-0.1, -0.05) is 31.4 Å². The molecule has 1 unspecified atom stereocenters. The van der Waals surface area contributed by atoms with E-state index in [4.69, 9.17) is 15.3 Å². The van der Waals surface area contributed by atoms with Gasteiger partial charge in [0, 0.05) is 29.1 Å². The van der Waals surface area contributed by atoms with Gasteiger partial charge >= 0.3 is 7.37 Å². The number of rotatable bonds is 10. The van der Waals surface area contributed by atoms with Crippen LogP contribution in [0.15, 0.2) is 37.4 Å². The molecule has 0 amide bonds. The van der Waals surface area contributed by atoms with Crippen LogP contribution in [-0.2, 0) is 9.09 Å². The molecule has 7 heteroatoms. The van der Waals surface area contributed by atoms with Crippen LogP contribution < -0.4 is 0 Å². The SMILES string of the molecule is C=Cc1cc(C)c(C(=O)P(=O)(OCC)C(=O)c2c(C)cc(C=N)cc2C=C)c(C=N)c1. The van der Waals surface area contributed by atoms with Gasteiger partial charge in [0.25, 0.3) is 11.0 Å².